The van der Waals surface area contributed by atoms with Gasteiger partial charge in [-0.2, -0.15) is 0 Å². The predicted molar refractivity (Wildman–Crippen MR) is 99.2 cm³/mol. The van der Waals surface area contributed by atoms with E-state index in [-0.39, 0.29) is 11.1 Å². The maximum absolute atomic E-state index is 11.1. The van der Waals surface area contributed by atoms with E-state index in [1.54, 1.807) is 24.3 Å². The summed E-state index contributed by atoms with van der Waals surface area (Å²) < 4.78 is 0. The lowest BCUT2D eigenvalue weighted by atomic mass is 9.96. The minimum absolute atomic E-state index is 0.0910. The third-order valence-corrected chi connectivity index (χ3v) is 3.93. The zero-order valence-electron chi connectivity index (χ0n) is 13.6. The van der Waals surface area contributed by atoms with Gasteiger partial charge >= 0.3 is 11.9 Å². The fourth-order valence-electron chi connectivity index (χ4n) is 2.57. The smallest absolute Gasteiger partial charge is 0.335 e. The van der Waals surface area contributed by atoms with Crippen LogP contribution < -0.4 is 0 Å². The minimum atomic E-state index is -1.19. The average Bonchev–Trinajstić information content (AvgIpc) is 3.26. The predicted octanol–water partition coefficient (Wildman–Crippen LogP) is 4.40. The molecule has 0 unspecified atom stereocenters. The van der Waals surface area contributed by atoms with Crippen molar-refractivity contribution in [2.75, 3.05) is 0 Å². The van der Waals surface area contributed by atoms with Crippen LogP contribution in [0.15, 0.2) is 66.7 Å². The molecule has 0 atom stereocenters. The van der Waals surface area contributed by atoms with Gasteiger partial charge < -0.3 is 10.2 Å². The first-order valence-corrected chi connectivity index (χ1v) is 7.77. The number of rotatable bonds is 3. The van der Waals surface area contributed by atoms with Crippen molar-refractivity contribution in [3.05, 3.63) is 83.4 Å². The minimum Gasteiger partial charge on any atom is -0.478 e. The van der Waals surface area contributed by atoms with Gasteiger partial charge in [0.25, 0.3) is 0 Å². The van der Waals surface area contributed by atoms with Crippen molar-refractivity contribution in [2.45, 2.75) is 0 Å². The second kappa shape index (κ2) is 6.96. The van der Waals surface area contributed by atoms with Gasteiger partial charge in [-0.3, -0.25) is 0 Å². The van der Waals surface area contributed by atoms with Gasteiger partial charge in [-0.1, -0.05) is 42.3 Å². The van der Waals surface area contributed by atoms with Crippen LogP contribution in [0.2, 0.25) is 0 Å². The number of hydrogen-bond donors (Lipinski definition) is 2. The van der Waals surface area contributed by atoms with Crippen LogP contribution in [-0.2, 0) is 0 Å². The molecule has 0 heterocycles. The topological polar surface area (TPSA) is 74.6 Å². The van der Waals surface area contributed by atoms with Crippen molar-refractivity contribution < 1.29 is 19.8 Å². The summed E-state index contributed by atoms with van der Waals surface area (Å²) in [7, 11) is 0. The fourth-order valence-corrected chi connectivity index (χ4v) is 2.57. The molecular weight excluding hydrogens is 328 g/mol. The second-order valence-corrected chi connectivity index (χ2v) is 5.68. The first kappa shape index (κ1) is 17.0. The summed E-state index contributed by atoms with van der Waals surface area (Å²) in [5.74, 6) is 0.122. The maximum atomic E-state index is 11.1. The molecule has 0 radical (unpaired) electrons. The molecule has 4 heteroatoms. The SMILES string of the molecule is C#Cc1ccccc1-c1cc(C(=O)O)cc(C(=O)O)c1.c1cc2cc-2c1. The first-order valence-electron chi connectivity index (χ1n) is 7.77. The van der Waals surface area contributed by atoms with Gasteiger partial charge in [-0.15, -0.1) is 6.42 Å². The number of carboxylic acids is 2. The van der Waals surface area contributed by atoms with Crippen LogP contribution in [0.1, 0.15) is 26.3 Å². The van der Waals surface area contributed by atoms with Crippen LogP contribution in [0, 0.1) is 12.3 Å². The van der Waals surface area contributed by atoms with Crippen molar-refractivity contribution in [2.24, 2.45) is 0 Å². The molecule has 0 aromatic heterocycles. The van der Waals surface area contributed by atoms with E-state index < -0.39 is 11.9 Å². The standard InChI is InChI=1S/C16H10O4.C6H4/c1-2-10-5-3-4-6-14(10)11-7-12(15(17)18)9-13(8-11)16(19)20;1-2-5-4-6(5)3-1/h1,3-9H,(H,17,18)(H,19,20);1-4H. The molecule has 2 aromatic rings. The highest BCUT2D eigenvalue weighted by molar-refractivity contribution is 5.96. The zero-order chi connectivity index (χ0) is 18.7. The highest BCUT2D eigenvalue weighted by Gasteiger charge is 2.13. The second-order valence-electron chi connectivity index (χ2n) is 5.68. The third-order valence-electron chi connectivity index (χ3n) is 3.93. The Morgan fingerprint density at radius 1 is 0.731 bits per heavy atom. The van der Waals surface area contributed by atoms with Crippen molar-refractivity contribution >= 4 is 11.9 Å². The molecule has 0 aliphatic heterocycles. The summed E-state index contributed by atoms with van der Waals surface area (Å²) >= 11 is 0. The molecule has 2 N–H and O–H groups in total. The molecule has 2 aliphatic rings. The number of aromatic carboxylic acids is 2. The van der Waals surface area contributed by atoms with E-state index in [1.165, 1.54) is 23.3 Å². The van der Waals surface area contributed by atoms with E-state index in [9.17, 15) is 9.59 Å². The number of carboxylic acid groups (broad SMARTS) is 2. The molecule has 4 rings (SSSR count). The maximum Gasteiger partial charge on any atom is 0.335 e. The summed E-state index contributed by atoms with van der Waals surface area (Å²) in [4.78, 5) is 22.2. The van der Waals surface area contributed by atoms with Gasteiger partial charge in [0.2, 0.25) is 0 Å². The van der Waals surface area contributed by atoms with Gasteiger partial charge in [0, 0.05) is 5.56 Å². The average molecular weight is 342 g/mol. The molecule has 2 aromatic carbocycles. The molecule has 26 heavy (non-hydrogen) atoms. The number of hydrogen-bond acceptors (Lipinski definition) is 2. The molecule has 2 aliphatic carbocycles. The highest BCUT2D eigenvalue weighted by Crippen LogP contribution is 2.32. The van der Waals surface area contributed by atoms with Crippen molar-refractivity contribution in [1.82, 2.24) is 0 Å². The first-order chi connectivity index (χ1) is 12.5. The Kier molecular flexibility index (Phi) is 4.55. The monoisotopic (exact) mass is 342 g/mol. The van der Waals surface area contributed by atoms with Crippen LogP contribution in [0.25, 0.3) is 22.3 Å². The van der Waals surface area contributed by atoms with Crippen molar-refractivity contribution in [3.8, 4) is 34.6 Å². The van der Waals surface area contributed by atoms with E-state index in [1.807, 2.05) is 0 Å². The van der Waals surface area contributed by atoms with Crippen molar-refractivity contribution in [1.29, 1.82) is 0 Å². The fraction of sp³-hybridized carbons (Fsp3) is 0. The van der Waals surface area contributed by atoms with E-state index >= 15 is 0 Å². The number of carbonyl (C=O) groups is 2. The van der Waals surface area contributed by atoms with E-state index in [4.69, 9.17) is 16.6 Å². The molecule has 0 spiro atoms. The largest absolute Gasteiger partial charge is 0.478 e. The number of fused-ring (bicyclic) bond motifs is 1. The summed E-state index contributed by atoms with van der Waals surface area (Å²) in [6.45, 7) is 0. The summed E-state index contributed by atoms with van der Waals surface area (Å²) in [5, 5.41) is 18.1. The molecule has 0 saturated carbocycles. The molecule has 0 bridgehead atoms. The summed E-state index contributed by atoms with van der Waals surface area (Å²) in [5.41, 5.74) is 4.34. The normalized spacial score (nSPS) is 10.1. The Labute approximate surface area is 150 Å². The lowest BCUT2D eigenvalue weighted by Crippen LogP contribution is -2.03. The van der Waals surface area contributed by atoms with Gasteiger partial charge in [-0.05, 0) is 52.6 Å². The summed E-state index contributed by atoms with van der Waals surface area (Å²) in [6.07, 6.45) is 5.40. The molecule has 0 amide bonds. The molecule has 126 valence electrons. The molecule has 0 fully saturated rings. The van der Waals surface area contributed by atoms with Crippen molar-refractivity contribution in [3.63, 3.8) is 0 Å². The van der Waals surface area contributed by atoms with E-state index in [0.29, 0.717) is 16.7 Å². The third kappa shape index (κ3) is 3.63. The zero-order valence-corrected chi connectivity index (χ0v) is 13.6. The van der Waals surface area contributed by atoms with E-state index in [0.717, 1.165) is 6.07 Å². The van der Waals surface area contributed by atoms with Crippen LogP contribution in [0.5, 0.6) is 0 Å². The summed E-state index contributed by atoms with van der Waals surface area (Å²) in [6, 6.07) is 19.4. The Morgan fingerprint density at radius 3 is 1.73 bits per heavy atom. The van der Waals surface area contributed by atoms with Gasteiger partial charge in [0.05, 0.1) is 11.1 Å². The molecule has 0 saturated heterocycles. The molecule has 4 nitrogen and oxygen atoms in total. The van der Waals surface area contributed by atoms with Gasteiger partial charge in [-0.25, -0.2) is 9.59 Å². The number of terminal acetylenes is 1. The number of benzene rings is 3. The Hall–Kier alpha value is -3.84. The quantitative estimate of drug-likeness (QED) is 0.541. The Balaban J connectivity index is 0.000000269. The van der Waals surface area contributed by atoms with Crippen LogP contribution >= 0.6 is 0 Å². The Morgan fingerprint density at radius 2 is 1.31 bits per heavy atom. The van der Waals surface area contributed by atoms with E-state index in [2.05, 4.69) is 30.2 Å². The Bertz CT molecular complexity index is 1010. The molecular formula is C22H14O4. The van der Waals surface area contributed by atoms with Crippen LogP contribution in [0.3, 0.4) is 0 Å². The van der Waals surface area contributed by atoms with Crippen LogP contribution in [-0.4, -0.2) is 22.2 Å². The van der Waals surface area contributed by atoms with Crippen LogP contribution in [0.4, 0.5) is 0 Å². The lowest BCUT2D eigenvalue weighted by Gasteiger charge is -2.08. The highest BCUT2D eigenvalue weighted by atomic mass is 16.4. The van der Waals surface area contributed by atoms with Gasteiger partial charge in [0.15, 0.2) is 0 Å². The van der Waals surface area contributed by atoms with Gasteiger partial charge in [0.1, 0.15) is 0 Å². The lowest BCUT2D eigenvalue weighted by molar-refractivity contribution is 0.0696.